The predicted molar refractivity (Wildman–Crippen MR) is 57.1 cm³/mol. The molecule has 0 aromatic rings. The Morgan fingerprint density at radius 2 is 1.20 bits per heavy atom. The van der Waals surface area contributed by atoms with Gasteiger partial charge in [0.1, 0.15) is 11.6 Å². The fourth-order valence-electron chi connectivity index (χ4n) is 0.575. The van der Waals surface area contributed by atoms with Crippen molar-refractivity contribution >= 4 is 17.7 Å². The summed E-state index contributed by atoms with van der Waals surface area (Å²) in [6, 6.07) is 0. The smallest absolute Gasteiger partial charge is 0.450 e. The van der Waals surface area contributed by atoms with Crippen molar-refractivity contribution in [2.45, 2.75) is 41.0 Å². The van der Waals surface area contributed by atoms with Gasteiger partial charge in [-0.1, -0.05) is 13.8 Å². The topological polar surface area (TPSA) is 91.7 Å². The third kappa shape index (κ3) is 208. The maximum Gasteiger partial charge on any atom is 0.503 e. The molecular formula is C10H20O5. The molecule has 0 atom stereocenters. The predicted octanol–water partition coefficient (Wildman–Crippen LogP) is 2.44. The van der Waals surface area contributed by atoms with E-state index in [-0.39, 0.29) is 11.6 Å². The quantitative estimate of drug-likeness (QED) is 0.745. The second-order valence-corrected chi connectivity index (χ2v) is 3.49. The van der Waals surface area contributed by atoms with Gasteiger partial charge in [-0.3, -0.25) is 0 Å². The van der Waals surface area contributed by atoms with E-state index < -0.39 is 6.16 Å². The van der Waals surface area contributed by atoms with Crippen LogP contribution in [0.15, 0.2) is 0 Å². The van der Waals surface area contributed by atoms with E-state index in [2.05, 4.69) is 0 Å². The van der Waals surface area contributed by atoms with Crippen molar-refractivity contribution in [3.8, 4) is 0 Å². The first-order valence-corrected chi connectivity index (χ1v) is 4.48. The molecule has 0 radical (unpaired) electrons. The molecule has 0 spiro atoms. The SMILES string of the molecule is CC(=O)CC(C)C.CC(C)=O.O=C(O)O. The second kappa shape index (κ2) is 12.6. The molecular weight excluding hydrogens is 200 g/mol. The molecule has 0 aliphatic carbocycles. The van der Waals surface area contributed by atoms with Crippen LogP contribution in [0.1, 0.15) is 41.0 Å². The minimum atomic E-state index is -1.83. The third-order valence-electron chi connectivity index (χ3n) is 0.696. The lowest BCUT2D eigenvalue weighted by Gasteiger charge is -1.95. The molecule has 0 saturated heterocycles. The van der Waals surface area contributed by atoms with Crippen molar-refractivity contribution in [3.05, 3.63) is 0 Å². The highest BCUT2D eigenvalue weighted by Crippen LogP contribution is 1.97. The van der Waals surface area contributed by atoms with Crippen LogP contribution in [0.3, 0.4) is 0 Å². The number of carbonyl (C=O) groups is 3. The molecule has 5 nitrogen and oxygen atoms in total. The Morgan fingerprint density at radius 3 is 1.20 bits per heavy atom. The van der Waals surface area contributed by atoms with Crippen LogP contribution in [0, 0.1) is 5.92 Å². The number of Topliss-reactive ketones (excluding diaryl/α,β-unsaturated/α-hetero) is 2. The van der Waals surface area contributed by atoms with E-state index in [1.165, 1.54) is 13.8 Å². The zero-order chi connectivity index (χ0) is 13.0. The average molecular weight is 220 g/mol. The first kappa shape index (κ1) is 19.2. The van der Waals surface area contributed by atoms with E-state index in [1.807, 2.05) is 13.8 Å². The minimum Gasteiger partial charge on any atom is -0.450 e. The van der Waals surface area contributed by atoms with Gasteiger partial charge in [-0.05, 0) is 26.7 Å². The van der Waals surface area contributed by atoms with E-state index in [9.17, 15) is 9.59 Å². The highest BCUT2D eigenvalue weighted by atomic mass is 16.6. The molecule has 0 rings (SSSR count). The number of hydrogen-bond acceptors (Lipinski definition) is 3. The molecule has 0 aliphatic rings. The molecule has 5 heteroatoms. The molecule has 0 heterocycles. The Morgan fingerprint density at radius 1 is 1.00 bits per heavy atom. The number of hydrogen-bond donors (Lipinski definition) is 2. The largest absolute Gasteiger partial charge is 0.503 e. The molecule has 0 bridgehead atoms. The molecule has 90 valence electrons. The molecule has 0 aromatic heterocycles. The lowest BCUT2D eigenvalue weighted by Crippen LogP contribution is -1.95. The molecule has 0 saturated carbocycles. The summed E-state index contributed by atoms with van der Waals surface area (Å²) in [5, 5.41) is 13.9. The Labute approximate surface area is 90.1 Å². The van der Waals surface area contributed by atoms with Gasteiger partial charge in [-0.15, -0.1) is 0 Å². The van der Waals surface area contributed by atoms with Gasteiger partial charge in [0.05, 0.1) is 0 Å². The van der Waals surface area contributed by atoms with E-state index in [0.717, 1.165) is 6.42 Å². The van der Waals surface area contributed by atoms with Crippen LogP contribution in [0.2, 0.25) is 0 Å². The van der Waals surface area contributed by atoms with Crippen molar-refractivity contribution in [1.29, 1.82) is 0 Å². The highest BCUT2D eigenvalue weighted by molar-refractivity contribution is 5.75. The molecule has 0 unspecified atom stereocenters. The van der Waals surface area contributed by atoms with Gasteiger partial charge >= 0.3 is 6.16 Å². The first-order chi connectivity index (χ1) is 6.59. The van der Waals surface area contributed by atoms with E-state index in [0.29, 0.717) is 5.92 Å². The standard InChI is InChI=1S/C6H12O.C3H6O.CH2O3/c1-5(2)4-6(3)7;1-3(2)4;2-1(3)4/h5H,4H2,1-3H3;1-2H3;(H2,2,3,4). The Bertz CT molecular complexity index is 176. The number of rotatable bonds is 2. The minimum absolute atomic E-state index is 0.167. The Hall–Kier alpha value is -1.39. The van der Waals surface area contributed by atoms with Crippen molar-refractivity contribution in [3.63, 3.8) is 0 Å². The fourth-order valence-corrected chi connectivity index (χ4v) is 0.575. The summed E-state index contributed by atoms with van der Waals surface area (Å²) in [6.45, 7) is 8.77. The van der Waals surface area contributed by atoms with Crippen LogP contribution in [-0.2, 0) is 9.59 Å². The summed E-state index contributed by atoms with van der Waals surface area (Å²) < 4.78 is 0. The van der Waals surface area contributed by atoms with Crippen molar-refractivity contribution in [1.82, 2.24) is 0 Å². The van der Waals surface area contributed by atoms with Gasteiger partial charge in [0, 0.05) is 6.42 Å². The molecule has 0 aromatic carbocycles. The third-order valence-corrected chi connectivity index (χ3v) is 0.696. The van der Waals surface area contributed by atoms with Crippen LogP contribution in [0.5, 0.6) is 0 Å². The molecule has 0 amide bonds. The lowest BCUT2D eigenvalue weighted by atomic mass is 10.1. The molecule has 15 heavy (non-hydrogen) atoms. The van der Waals surface area contributed by atoms with Crippen LogP contribution < -0.4 is 0 Å². The number of carboxylic acid groups (broad SMARTS) is 2. The summed E-state index contributed by atoms with van der Waals surface area (Å²) in [5.41, 5.74) is 0. The van der Waals surface area contributed by atoms with Crippen molar-refractivity contribution < 1.29 is 24.6 Å². The Balaban J connectivity index is -0.000000155. The molecule has 0 aliphatic heterocycles. The summed E-state index contributed by atoms with van der Waals surface area (Å²) in [6.07, 6.45) is -1.11. The van der Waals surface area contributed by atoms with Crippen molar-refractivity contribution in [2.75, 3.05) is 0 Å². The lowest BCUT2D eigenvalue weighted by molar-refractivity contribution is -0.117. The fraction of sp³-hybridized carbons (Fsp3) is 0.700. The van der Waals surface area contributed by atoms with Crippen LogP contribution in [-0.4, -0.2) is 27.9 Å². The maximum atomic E-state index is 10.3. The van der Waals surface area contributed by atoms with Crippen LogP contribution in [0.4, 0.5) is 4.79 Å². The van der Waals surface area contributed by atoms with Gasteiger partial charge in [0.2, 0.25) is 0 Å². The summed E-state index contributed by atoms with van der Waals surface area (Å²) in [7, 11) is 0. The first-order valence-electron chi connectivity index (χ1n) is 4.48. The monoisotopic (exact) mass is 220 g/mol. The van der Waals surface area contributed by atoms with Crippen LogP contribution in [0.25, 0.3) is 0 Å². The number of ketones is 2. The highest BCUT2D eigenvalue weighted by Gasteiger charge is 1.95. The Kier molecular flexibility index (Phi) is 16.2. The second-order valence-electron chi connectivity index (χ2n) is 3.49. The van der Waals surface area contributed by atoms with Gasteiger partial charge in [0.25, 0.3) is 0 Å². The zero-order valence-corrected chi connectivity index (χ0v) is 9.90. The normalized spacial score (nSPS) is 7.87. The summed E-state index contributed by atoms with van der Waals surface area (Å²) in [5.74, 6) is 0.979. The van der Waals surface area contributed by atoms with Crippen molar-refractivity contribution in [2.24, 2.45) is 5.92 Å². The van der Waals surface area contributed by atoms with Crippen LogP contribution >= 0.6 is 0 Å². The maximum absolute atomic E-state index is 10.3. The van der Waals surface area contributed by atoms with Gasteiger partial charge < -0.3 is 19.8 Å². The van der Waals surface area contributed by atoms with E-state index in [1.54, 1.807) is 6.92 Å². The molecule has 0 fully saturated rings. The van der Waals surface area contributed by atoms with E-state index >= 15 is 0 Å². The summed E-state index contributed by atoms with van der Waals surface area (Å²) in [4.78, 5) is 28.3. The zero-order valence-electron chi connectivity index (χ0n) is 9.90. The van der Waals surface area contributed by atoms with E-state index in [4.69, 9.17) is 15.0 Å². The average Bonchev–Trinajstić information content (AvgIpc) is 1.78. The summed E-state index contributed by atoms with van der Waals surface area (Å²) >= 11 is 0. The number of carbonyl (C=O) groups excluding carboxylic acids is 2. The molecule has 2 N–H and O–H groups in total. The van der Waals surface area contributed by atoms with Gasteiger partial charge in [-0.2, -0.15) is 0 Å². The van der Waals surface area contributed by atoms with Gasteiger partial charge in [0.15, 0.2) is 0 Å². The van der Waals surface area contributed by atoms with Gasteiger partial charge in [-0.25, -0.2) is 4.79 Å².